The Kier molecular flexibility index (Phi) is 4.07. The first-order chi connectivity index (χ1) is 8.61. The first-order valence-electron chi connectivity index (χ1n) is 6.78. The molecule has 1 aromatic carbocycles. The molecule has 1 heterocycles. The lowest BCUT2D eigenvalue weighted by atomic mass is 10.0. The van der Waals surface area contributed by atoms with Gasteiger partial charge < -0.3 is 9.73 Å². The Bertz CT molecular complexity index is 513. The summed E-state index contributed by atoms with van der Waals surface area (Å²) >= 11 is 0. The second-order valence-electron chi connectivity index (χ2n) is 5.45. The zero-order chi connectivity index (χ0) is 13.1. The van der Waals surface area contributed by atoms with Gasteiger partial charge in [-0.3, -0.25) is 0 Å². The summed E-state index contributed by atoms with van der Waals surface area (Å²) in [5, 5.41) is 4.56. The van der Waals surface area contributed by atoms with E-state index in [4.69, 9.17) is 4.42 Å². The molecule has 1 atom stereocenters. The molecule has 1 N–H and O–H groups in total. The van der Waals surface area contributed by atoms with Gasteiger partial charge in [0.15, 0.2) is 0 Å². The maximum atomic E-state index is 6.02. The van der Waals surface area contributed by atoms with Crippen molar-refractivity contribution in [2.45, 2.75) is 39.7 Å². The van der Waals surface area contributed by atoms with Gasteiger partial charge in [-0.25, -0.2) is 0 Å². The van der Waals surface area contributed by atoms with Crippen molar-refractivity contribution in [3.05, 3.63) is 35.6 Å². The second-order valence-corrected chi connectivity index (χ2v) is 5.45. The Balaban J connectivity index is 2.25. The molecule has 2 nitrogen and oxygen atoms in total. The van der Waals surface area contributed by atoms with Gasteiger partial charge in [0.25, 0.3) is 0 Å². The highest BCUT2D eigenvalue weighted by Crippen LogP contribution is 2.28. The number of benzene rings is 1. The van der Waals surface area contributed by atoms with E-state index < -0.39 is 0 Å². The first-order valence-corrected chi connectivity index (χ1v) is 6.78. The minimum absolute atomic E-state index is 0.319. The third-order valence-corrected chi connectivity index (χ3v) is 3.48. The van der Waals surface area contributed by atoms with Crippen molar-refractivity contribution in [2.75, 3.05) is 7.05 Å². The summed E-state index contributed by atoms with van der Waals surface area (Å²) in [6, 6.07) is 8.78. The molecule has 0 amide bonds. The predicted octanol–water partition coefficient (Wildman–Crippen LogP) is 4.44. The summed E-state index contributed by atoms with van der Waals surface area (Å²) in [6.07, 6.45) is 2.33. The largest absolute Gasteiger partial charge is 0.459 e. The molecule has 2 aromatic rings. The number of para-hydroxylation sites is 1. The summed E-state index contributed by atoms with van der Waals surface area (Å²) in [5.41, 5.74) is 2.23. The normalized spacial score (nSPS) is 13.4. The molecule has 0 fully saturated rings. The summed E-state index contributed by atoms with van der Waals surface area (Å²) in [4.78, 5) is 0. The van der Waals surface area contributed by atoms with Crippen LogP contribution in [0, 0.1) is 12.8 Å². The Morgan fingerprint density at radius 2 is 2.00 bits per heavy atom. The Morgan fingerprint density at radius 1 is 1.22 bits per heavy atom. The number of hydrogen-bond donors (Lipinski definition) is 1. The van der Waals surface area contributed by atoms with Crippen molar-refractivity contribution in [1.29, 1.82) is 0 Å². The molecule has 0 aliphatic rings. The molecule has 0 spiro atoms. The quantitative estimate of drug-likeness (QED) is 0.842. The number of furan rings is 1. The molecule has 0 aliphatic carbocycles. The summed E-state index contributed by atoms with van der Waals surface area (Å²) in [5.74, 6) is 1.79. The van der Waals surface area contributed by atoms with E-state index in [0.29, 0.717) is 6.04 Å². The highest BCUT2D eigenvalue weighted by Gasteiger charge is 2.15. The second kappa shape index (κ2) is 5.57. The van der Waals surface area contributed by atoms with Gasteiger partial charge in [-0.2, -0.15) is 0 Å². The summed E-state index contributed by atoms with van der Waals surface area (Å²) < 4.78 is 6.02. The Morgan fingerprint density at radius 3 is 2.61 bits per heavy atom. The SMILES string of the molecule is CNC(CCC(C)C)c1cc2cccc(C)c2o1. The maximum Gasteiger partial charge on any atom is 0.137 e. The van der Waals surface area contributed by atoms with E-state index >= 15 is 0 Å². The topological polar surface area (TPSA) is 25.2 Å². The highest BCUT2D eigenvalue weighted by atomic mass is 16.3. The van der Waals surface area contributed by atoms with Crippen LogP contribution in [0.3, 0.4) is 0 Å². The van der Waals surface area contributed by atoms with E-state index in [0.717, 1.165) is 23.7 Å². The van der Waals surface area contributed by atoms with E-state index in [1.807, 2.05) is 7.05 Å². The average molecular weight is 245 g/mol. The molecule has 0 aliphatic heterocycles. The van der Waals surface area contributed by atoms with Crippen LogP contribution in [0.15, 0.2) is 28.7 Å². The molecule has 0 radical (unpaired) electrons. The van der Waals surface area contributed by atoms with Gasteiger partial charge >= 0.3 is 0 Å². The van der Waals surface area contributed by atoms with Crippen LogP contribution in [0.5, 0.6) is 0 Å². The van der Waals surface area contributed by atoms with E-state index in [-0.39, 0.29) is 0 Å². The van der Waals surface area contributed by atoms with Crippen molar-refractivity contribution >= 4 is 11.0 Å². The van der Waals surface area contributed by atoms with Crippen LogP contribution >= 0.6 is 0 Å². The number of rotatable bonds is 5. The predicted molar refractivity (Wildman–Crippen MR) is 76.8 cm³/mol. The first kappa shape index (κ1) is 13.2. The van der Waals surface area contributed by atoms with Crippen molar-refractivity contribution in [2.24, 2.45) is 5.92 Å². The number of fused-ring (bicyclic) bond motifs is 1. The van der Waals surface area contributed by atoms with Crippen LogP contribution in [-0.2, 0) is 0 Å². The molecular weight excluding hydrogens is 222 g/mol. The zero-order valence-electron chi connectivity index (χ0n) is 11.8. The lowest BCUT2D eigenvalue weighted by molar-refractivity contribution is 0.400. The number of hydrogen-bond acceptors (Lipinski definition) is 2. The fourth-order valence-corrected chi connectivity index (χ4v) is 2.33. The van der Waals surface area contributed by atoms with Crippen molar-refractivity contribution in [3.63, 3.8) is 0 Å². The van der Waals surface area contributed by atoms with E-state index in [2.05, 4.69) is 50.4 Å². The fourth-order valence-electron chi connectivity index (χ4n) is 2.33. The Labute approximate surface area is 109 Å². The molecule has 1 aromatic heterocycles. The summed E-state index contributed by atoms with van der Waals surface area (Å²) in [7, 11) is 2.00. The molecule has 0 saturated carbocycles. The highest BCUT2D eigenvalue weighted by molar-refractivity contribution is 5.80. The molecule has 98 valence electrons. The lowest BCUT2D eigenvalue weighted by Crippen LogP contribution is -2.16. The zero-order valence-corrected chi connectivity index (χ0v) is 11.8. The van der Waals surface area contributed by atoms with Crippen LogP contribution in [0.25, 0.3) is 11.0 Å². The number of nitrogens with one attached hydrogen (secondary N) is 1. The van der Waals surface area contributed by atoms with Gasteiger partial charge in [0.05, 0.1) is 6.04 Å². The van der Waals surface area contributed by atoms with Crippen LogP contribution < -0.4 is 5.32 Å². The molecular formula is C16H23NO. The van der Waals surface area contributed by atoms with Gasteiger partial charge in [0.2, 0.25) is 0 Å². The van der Waals surface area contributed by atoms with Gasteiger partial charge in [-0.1, -0.05) is 32.0 Å². The molecule has 2 rings (SSSR count). The molecule has 18 heavy (non-hydrogen) atoms. The van der Waals surface area contributed by atoms with Crippen LogP contribution in [-0.4, -0.2) is 7.05 Å². The summed E-state index contributed by atoms with van der Waals surface area (Å²) in [6.45, 7) is 6.61. The van der Waals surface area contributed by atoms with E-state index in [9.17, 15) is 0 Å². The molecule has 0 saturated heterocycles. The standard InChI is InChI=1S/C16H23NO/c1-11(2)8-9-14(17-4)15-10-13-7-5-6-12(3)16(13)18-15/h5-7,10-11,14,17H,8-9H2,1-4H3. The van der Waals surface area contributed by atoms with Gasteiger partial charge in [-0.15, -0.1) is 0 Å². The lowest BCUT2D eigenvalue weighted by Gasteiger charge is -2.14. The van der Waals surface area contributed by atoms with Crippen LogP contribution in [0.2, 0.25) is 0 Å². The minimum atomic E-state index is 0.319. The third-order valence-electron chi connectivity index (χ3n) is 3.48. The van der Waals surface area contributed by atoms with Gasteiger partial charge in [0, 0.05) is 5.39 Å². The van der Waals surface area contributed by atoms with Gasteiger partial charge in [0.1, 0.15) is 11.3 Å². The third kappa shape index (κ3) is 2.75. The monoisotopic (exact) mass is 245 g/mol. The smallest absolute Gasteiger partial charge is 0.137 e. The van der Waals surface area contributed by atoms with Crippen LogP contribution in [0.1, 0.15) is 44.1 Å². The van der Waals surface area contributed by atoms with E-state index in [1.165, 1.54) is 17.4 Å². The average Bonchev–Trinajstić information content (AvgIpc) is 2.75. The minimum Gasteiger partial charge on any atom is -0.459 e. The van der Waals surface area contributed by atoms with Crippen LogP contribution in [0.4, 0.5) is 0 Å². The van der Waals surface area contributed by atoms with Crippen molar-refractivity contribution < 1.29 is 4.42 Å². The molecule has 2 heteroatoms. The van der Waals surface area contributed by atoms with Crippen molar-refractivity contribution in [1.82, 2.24) is 5.32 Å². The number of aryl methyl sites for hydroxylation is 1. The molecule has 1 unspecified atom stereocenters. The fraction of sp³-hybridized carbons (Fsp3) is 0.500. The Hall–Kier alpha value is -1.28. The maximum absolute atomic E-state index is 6.02. The molecule has 0 bridgehead atoms. The van der Waals surface area contributed by atoms with E-state index in [1.54, 1.807) is 0 Å². The van der Waals surface area contributed by atoms with Crippen molar-refractivity contribution in [3.8, 4) is 0 Å². The van der Waals surface area contributed by atoms with Gasteiger partial charge in [-0.05, 0) is 44.4 Å².